The van der Waals surface area contributed by atoms with Crippen LogP contribution in [-0.2, 0) is 4.79 Å². The van der Waals surface area contributed by atoms with Crippen LogP contribution in [0.25, 0.3) is 0 Å². The number of carboxylic acid groups (broad SMARTS) is 1. The Hall–Kier alpha value is -1.04. The molecule has 0 spiro atoms. The molecule has 0 bridgehead atoms. The number of carbonyl (C=O) groups is 1. The molecule has 56 valence electrons. The van der Waals surface area contributed by atoms with E-state index in [1.54, 1.807) is 0 Å². The zero-order valence-corrected chi connectivity index (χ0v) is 6.00. The van der Waals surface area contributed by atoms with Gasteiger partial charge in [-0.15, -0.1) is 0 Å². The molecule has 0 aromatic carbocycles. The van der Waals surface area contributed by atoms with E-state index in [2.05, 4.69) is 0 Å². The molecule has 0 aliphatic carbocycles. The lowest BCUT2D eigenvalue weighted by Crippen LogP contribution is -2.05. The van der Waals surface area contributed by atoms with E-state index in [1.165, 1.54) is 0 Å². The van der Waals surface area contributed by atoms with Crippen LogP contribution in [0.4, 0.5) is 0 Å². The van der Waals surface area contributed by atoms with Gasteiger partial charge in [0.15, 0.2) is 0 Å². The molecule has 0 heterocycles. The monoisotopic (exact) mass is 141 g/mol. The zero-order chi connectivity index (χ0) is 7.98. The first-order chi connectivity index (χ1) is 4.70. The highest BCUT2D eigenvalue weighted by atomic mass is 16.4. The van der Waals surface area contributed by atoms with E-state index in [0.717, 1.165) is 6.42 Å². The summed E-state index contributed by atoms with van der Waals surface area (Å²) >= 11 is 0. The van der Waals surface area contributed by atoms with Crippen LogP contribution in [0.3, 0.4) is 0 Å². The normalized spacial score (nSPS) is 12.0. The highest BCUT2D eigenvalue weighted by Crippen LogP contribution is 2.11. The van der Waals surface area contributed by atoms with E-state index >= 15 is 0 Å². The number of rotatable bonds is 4. The summed E-state index contributed by atoms with van der Waals surface area (Å²) in [5.41, 5.74) is 0. The third-order valence-electron chi connectivity index (χ3n) is 1.42. The van der Waals surface area contributed by atoms with Crippen LogP contribution in [0.1, 0.15) is 26.2 Å². The van der Waals surface area contributed by atoms with Gasteiger partial charge in [-0.3, -0.25) is 4.79 Å². The highest BCUT2D eigenvalue weighted by molar-refractivity contribution is 5.67. The molecule has 0 aromatic rings. The van der Waals surface area contributed by atoms with Gasteiger partial charge >= 0.3 is 5.97 Å². The molecule has 0 radical (unpaired) electrons. The summed E-state index contributed by atoms with van der Waals surface area (Å²) in [5.74, 6) is -0.787. The Kier molecular flexibility index (Phi) is 4.30. The van der Waals surface area contributed by atoms with E-state index < -0.39 is 5.97 Å². The van der Waals surface area contributed by atoms with Crippen molar-refractivity contribution in [2.75, 3.05) is 0 Å². The number of carboxylic acids is 1. The lowest BCUT2D eigenvalue weighted by atomic mass is 10.00. The van der Waals surface area contributed by atoms with E-state index in [9.17, 15) is 4.79 Å². The van der Waals surface area contributed by atoms with Gasteiger partial charge in [-0.1, -0.05) is 13.3 Å². The Morgan fingerprint density at radius 2 is 2.40 bits per heavy atom. The van der Waals surface area contributed by atoms with Crippen LogP contribution >= 0.6 is 0 Å². The molecule has 1 unspecified atom stereocenters. The fourth-order valence-electron chi connectivity index (χ4n) is 0.737. The Morgan fingerprint density at radius 1 is 1.80 bits per heavy atom. The van der Waals surface area contributed by atoms with Crippen molar-refractivity contribution in [2.24, 2.45) is 5.92 Å². The molecule has 0 fully saturated rings. The largest absolute Gasteiger partial charge is 0.481 e. The van der Waals surface area contributed by atoms with Crippen molar-refractivity contribution >= 4 is 5.97 Å². The van der Waals surface area contributed by atoms with E-state index in [4.69, 9.17) is 10.4 Å². The summed E-state index contributed by atoms with van der Waals surface area (Å²) in [4.78, 5) is 10.1. The van der Waals surface area contributed by atoms with Gasteiger partial charge < -0.3 is 5.11 Å². The second-order valence-electron chi connectivity index (χ2n) is 2.23. The van der Waals surface area contributed by atoms with Gasteiger partial charge in [0.1, 0.15) is 0 Å². The first-order valence-corrected chi connectivity index (χ1v) is 3.29. The molecule has 3 nitrogen and oxygen atoms in total. The molecular formula is C7H11NO2. The van der Waals surface area contributed by atoms with Crippen LogP contribution < -0.4 is 0 Å². The van der Waals surface area contributed by atoms with Crippen LogP contribution in [0, 0.1) is 17.2 Å². The fraction of sp³-hybridized carbons (Fsp3) is 0.714. The minimum absolute atomic E-state index is 0.0301. The van der Waals surface area contributed by atoms with Crippen molar-refractivity contribution in [3.8, 4) is 6.07 Å². The fourth-order valence-corrected chi connectivity index (χ4v) is 0.737. The van der Waals surface area contributed by atoms with Gasteiger partial charge in [0, 0.05) is 12.8 Å². The molecule has 3 heteroatoms. The van der Waals surface area contributed by atoms with Crippen molar-refractivity contribution < 1.29 is 9.90 Å². The summed E-state index contributed by atoms with van der Waals surface area (Å²) in [6, 6.07) is 1.96. The Labute approximate surface area is 60.3 Å². The first kappa shape index (κ1) is 8.96. The summed E-state index contributed by atoms with van der Waals surface area (Å²) in [7, 11) is 0. The van der Waals surface area contributed by atoms with Crippen molar-refractivity contribution in [1.82, 2.24) is 0 Å². The van der Waals surface area contributed by atoms with Gasteiger partial charge in [-0.05, 0) is 5.92 Å². The van der Waals surface area contributed by atoms with Gasteiger partial charge in [0.05, 0.1) is 6.07 Å². The van der Waals surface area contributed by atoms with Gasteiger partial charge in [-0.25, -0.2) is 0 Å². The third kappa shape index (κ3) is 3.90. The molecule has 0 saturated carbocycles. The summed E-state index contributed by atoms with van der Waals surface area (Å²) < 4.78 is 0. The van der Waals surface area contributed by atoms with Crippen molar-refractivity contribution in [2.45, 2.75) is 26.2 Å². The third-order valence-corrected chi connectivity index (χ3v) is 1.42. The average Bonchev–Trinajstić information content (AvgIpc) is 1.86. The maximum atomic E-state index is 10.1. The molecule has 1 atom stereocenters. The Morgan fingerprint density at radius 3 is 2.70 bits per heavy atom. The highest BCUT2D eigenvalue weighted by Gasteiger charge is 2.09. The molecule has 0 aliphatic heterocycles. The van der Waals surface area contributed by atoms with Crippen molar-refractivity contribution in [3.63, 3.8) is 0 Å². The molecule has 0 rings (SSSR count). The Bertz CT molecular complexity index is 148. The number of aliphatic carboxylic acids is 1. The number of hydrogen-bond acceptors (Lipinski definition) is 2. The molecule has 0 amide bonds. The predicted octanol–water partition coefficient (Wildman–Crippen LogP) is 1.40. The maximum absolute atomic E-state index is 10.1. The summed E-state index contributed by atoms with van der Waals surface area (Å²) in [5, 5.41) is 16.6. The lowest BCUT2D eigenvalue weighted by Gasteiger charge is -2.04. The van der Waals surface area contributed by atoms with Crippen LogP contribution in [0.2, 0.25) is 0 Å². The molecule has 10 heavy (non-hydrogen) atoms. The van der Waals surface area contributed by atoms with E-state index in [1.807, 2.05) is 13.0 Å². The molecule has 0 aromatic heterocycles. The van der Waals surface area contributed by atoms with Crippen molar-refractivity contribution in [1.29, 1.82) is 5.26 Å². The van der Waals surface area contributed by atoms with E-state index in [0.29, 0.717) is 6.42 Å². The molecular weight excluding hydrogens is 130 g/mol. The standard InChI is InChI=1S/C7H11NO2/c1-2-6(3-4-8)5-7(9)10/h6H,2-3,5H2,1H3,(H,9,10). The van der Waals surface area contributed by atoms with E-state index in [-0.39, 0.29) is 12.3 Å². The van der Waals surface area contributed by atoms with Crippen LogP contribution in [0.5, 0.6) is 0 Å². The smallest absolute Gasteiger partial charge is 0.303 e. The van der Waals surface area contributed by atoms with Gasteiger partial charge in [-0.2, -0.15) is 5.26 Å². The number of hydrogen-bond donors (Lipinski definition) is 1. The molecule has 0 aliphatic rings. The summed E-state index contributed by atoms with van der Waals surface area (Å²) in [6.07, 6.45) is 1.23. The first-order valence-electron chi connectivity index (χ1n) is 3.29. The molecule has 0 saturated heterocycles. The lowest BCUT2D eigenvalue weighted by molar-refractivity contribution is -0.138. The second kappa shape index (κ2) is 4.80. The van der Waals surface area contributed by atoms with Gasteiger partial charge in [0.2, 0.25) is 0 Å². The van der Waals surface area contributed by atoms with Crippen molar-refractivity contribution in [3.05, 3.63) is 0 Å². The minimum Gasteiger partial charge on any atom is -0.481 e. The minimum atomic E-state index is -0.817. The topological polar surface area (TPSA) is 61.1 Å². The van der Waals surface area contributed by atoms with Crippen LogP contribution in [-0.4, -0.2) is 11.1 Å². The molecule has 1 N–H and O–H groups in total. The van der Waals surface area contributed by atoms with Crippen LogP contribution in [0.15, 0.2) is 0 Å². The quantitative estimate of drug-likeness (QED) is 0.643. The Balaban J connectivity index is 3.62. The number of nitrogens with zero attached hydrogens (tertiary/aromatic N) is 1. The zero-order valence-electron chi connectivity index (χ0n) is 6.00. The number of nitriles is 1. The average molecular weight is 141 g/mol. The van der Waals surface area contributed by atoms with Gasteiger partial charge in [0.25, 0.3) is 0 Å². The predicted molar refractivity (Wildman–Crippen MR) is 36.3 cm³/mol. The second-order valence-corrected chi connectivity index (χ2v) is 2.23. The summed E-state index contributed by atoms with van der Waals surface area (Å²) in [6.45, 7) is 1.89. The SMILES string of the molecule is CCC(CC#N)CC(=O)O. The maximum Gasteiger partial charge on any atom is 0.303 e.